The number of aromatic nitrogens is 2. The highest BCUT2D eigenvalue weighted by Crippen LogP contribution is 2.24. The lowest BCUT2D eigenvalue weighted by atomic mass is 10.1. The lowest BCUT2D eigenvalue weighted by Gasteiger charge is -2.01. The van der Waals surface area contributed by atoms with Crippen LogP contribution in [0.2, 0.25) is 0 Å². The van der Waals surface area contributed by atoms with Gasteiger partial charge in [0.05, 0.1) is 11.5 Å². The van der Waals surface area contributed by atoms with Gasteiger partial charge < -0.3 is 4.42 Å². The number of rotatable bonds is 5. The lowest BCUT2D eigenvalue weighted by Crippen LogP contribution is -2.07. The average Bonchev–Trinajstić information content (AvgIpc) is 2.83. The zero-order valence-electron chi connectivity index (χ0n) is 9.76. The molecule has 0 radical (unpaired) electrons. The highest BCUT2D eigenvalue weighted by Gasteiger charge is 2.29. The van der Waals surface area contributed by atoms with Crippen LogP contribution in [-0.2, 0) is 16.3 Å². The standard InChI is InChI=1S/C10H16N2O3S2/c1-2-4-16-10-12-11-9(15-10)6-8-3-5-17(13,14)7-8/h8H,2-7H2,1H3/t8-/m0/s1. The van der Waals surface area contributed by atoms with E-state index < -0.39 is 9.84 Å². The van der Waals surface area contributed by atoms with Crippen molar-refractivity contribution in [1.82, 2.24) is 10.2 Å². The van der Waals surface area contributed by atoms with Gasteiger partial charge >= 0.3 is 0 Å². The van der Waals surface area contributed by atoms with E-state index in [1.54, 1.807) is 11.8 Å². The minimum Gasteiger partial charge on any atom is -0.416 e. The molecule has 96 valence electrons. The normalized spacial score (nSPS) is 23.0. The number of sulfone groups is 1. The van der Waals surface area contributed by atoms with Crippen LogP contribution in [0.1, 0.15) is 25.7 Å². The molecule has 0 bridgehead atoms. The summed E-state index contributed by atoms with van der Waals surface area (Å²) in [5, 5.41) is 8.46. The molecule has 5 nitrogen and oxygen atoms in total. The first-order valence-electron chi connectivity index (χ1n) is 5.74. The van der Waals surface area contributed by atoms with E-state index >= 15 is 0 Å². The first-order valence-corrected chi connectivity index (χ1v) is 8.55. The molecule has 1 saturated heterocycles. The second kappa shape index (κ2) is 5.39. The first kappa shape index (κ1) is 12.9. The summed E-state index contributed by atoms with van der Waals surface area (Å²) in [7, 11) is -2.82. The molecule has 1 aliphatic rings. The van der Waals surface area contributed by atoms with Crippen molar-refractivity contribution in [3.05, 3.63) is 5.89 Å². The Bertz CT molecular complexity index is 470. The largest absolute Gasteiger partial charge is 0.416 e. The molecule has 2 heterocycles. The molecule has 1 atom stereocenters. The van der Waals surface area contributed by atoms with Crippen LogP contribution in [0.5, 0.6) is 0 Å². The van der Waals surface area contributed by atoms with E-state index in [4.69, 9.17) is 4.42 Å². The lowest BCUT2D eigenvalue weighted by molar-refractivity contribution is 0.389. The van der Waals surface area contributed by atoms with Crippen LogP contribution in [0.25, 0.3) is 0 Å². The van der Waals surface area contributed by atoms with E-state index in [0.29, 0.717) is 29.7 Å². The molecule has 0 unspecified atom stereocenters. The number of nitrogens with zero attached hydrogens (tertiary/aromatic N) is 2. The Hall–Kier alpha value is -0.560. The monoisotopic (exact) mass is 276 g/mol. The van der Waals surface area contributed by atoms with Crippen molar-refractivity contribution in [2.75, 3.05) is 17.3 Å². The Morgan fingerprint density at radius 3 is 2.94 bits per heavy atom. The third kappa shape index (κ3) is 3.70. The molecule has 0 N–H and O–H groups in total. The molecule has 7 heteroatoms. The fourth-order valence-electron chi connectivity index (χ4n) is 1.85. The van der Waals surface area contributed by atoms with Crippen molar-refractivity contribution in [2.24, 2.45) is 5.92 Å². The Kier molecular flexibility index (Phi) is 4.09. The van der Waals surface area contributed by atoms with Gasteiger partial charge in [0.1, 0.15) is 0 Å². The van der Waals surface area contributed by atoms with E-state index in [2.05, 4.69) is 17.1 Å². The van der Waals surface area contributed by atoms with E-state index in [-0.39, 0.29) is 11.7 Å². The fourth-order valence-corrected chi connectivity index (χ4v) is 4.34. The van der Waals surface area contributed by atoms with Crippen molar-refractivity contribution in [2.45, 2.75) is 31.4 Å². The molecule has 0 amide bonds. The van der Waals surface area contributed by atoms with E-state index in [1.165, 1.54) is 0 Å². The minimum absolute atomic E-state index is 0.143. The molecule has 1 fully saturated rings. The number of hydrogen-bond donors (Lipinski definition) is 0. The zero-order valence-corrected chi connectivity index (χ0v) is 11.4. The average molecular weight is 276 g/mol. The summed E-state index contributed by atoms with van der Waals surface area (Å²) in [5.74, 6) is 2.21. The van der Waals surface area contributed by atoms with Crippen LogP contribution in [0.3, 0.4) is 0 Å². The highest BCUT2D eigenvalue weighted by atomic mass is 32.2. The first-order chi connectivity index (χ1) is 8.09. The quantitative estimate of drug-likeness (QED) is 0.760. The van der Waals surface area contributed by atoms with Crippen LogP contribution >= 0.6 is 11.8 Å². The SMILES string of the molecule is CCCSc1nnc(C[C@@H]2CCS(=O)(=O)C2)o1. The second-order valence-corrected chi connectivity index (χ2v) is 7.56. The molecule has 1 aromatic rings. The minimum atomic E-state index is -2.82. The summed E-state index contributed by atoms with van der Waals surface area (Å²) < 4.78 is 28.1. The molecular weight excluding hydrogens is 260 g/mol. The summed E-state index contributed by atoms with van der Waals surface area (Å²) >= 11 is 1.54. The summed E-state index contributed by atoms with van der Waals surface area (Å²) in [4.78, 5) is 0. The molecule has 1 aliphatic heterocycles. The van der Waals surface area contributed by atoms with Crippen LogP contribution in [0.4, 0.5) is 0 Å². The predicted octanol–water partition coefficient (Wildman–Crippen LogP) is 1.55. The van der Waals surface area contributed by atoms with Gasteiger partial charge in [-0.05, 0) is 18.8 Å². The zero-order chi connectivity index (χ0) is 12.3. The van der Waals surface area contributed by atoms with Gasteiger partial charge in [0.15, 0.2) is 9.84 Å². The number of hydrogen-bond acceptors (Lipinski definition) is 6. The maximum absolute atomic E-state index is 11.3. The number of thioether (sulfide) groups is 1. The third-order valence-electron chi connectivity index (χ3n) is 2.67. The summed E-state index contributed by atoms with van der Waals surface area (Å²) in [5.41, 5.74) is 0. The van der Waals surface area contributed by atoms with Gasteiger partial charge in [-0.25, -0.2) is 8.42 Å². The second-order valence-electron chi connectivity index (χ2n) is 4.28. The molecule has 0 aliphatic carbocycles. The van der Waals surface area contributed by atoms with Crippen molar-refractivity contribution in [3.8, 4) is 0 Å². The van der Waals surface area contributed by atoms with Crippen LogP contribution in [0.15, 0.2) is 9.64 Å². The van der Waals surface area contributed by atoms with Gasteiger partial charge in [0.25, 0.3) is 5.22 Å². The Labute approximate surface area is 105 Å². The Morgan fingerprint density at radius 2 is 2.29 bits per heavy atom. The van der Waals surface area contributed by atoms with Gasteiger partial charge in [-0.15, -0.1) is 10.2 Å². The van der Waals surface area contributed by atoms with Crippen molar-refractivity contribution in [3.63, 3.8) is 0 Å². The molecule has 1 aromatic heterocycles. The molecule has 0 saturated carbocycles. The van der Waals surface area contributed by atoms with Crippen molar-refractivity contribution < 1.29 is 12.8 Å². The third-order valence-corrected chi connectivity index (χ3v) is 5.53. The summed E-state index contributed by atoms with van der Waals surface area (Å²) in [6.07, 6.45) is 2.35. The maximum atomic E-state index is 11.3. The highest BCUT2D eigenvalue weighted by molar-refractivity contribution is 7.99. The van der Waals surface area contributed by atoms with E-state index in [0.717, 1.165) is 12.2 Å². The van der Waals surface area contributed by atoms with Gasteiger partial charge in [-0.2, -0.15) is 0 Å². The predicted molar refractivity (Wildman–Crippen MR) is 65.8 cm³/mol. The Morgan fingerprint density at radius 1 is 1.47 bits per heavy atom. The van der Waals surface area contributed by atoms with E-state index in [1.807, 2.05) is 0 Å². The Balaban J connectivity index is 1.89. The summed E-state index contributed by atoms with van der Waals surface area (Å²) in [6.45, 7) is 2.09. The van der Waals surface area contributed by atoms with Gasteiger partial charge in [-0.1, -0.05) is 18.7 Å². The fraction of sp³-hybridized carbons (Fsp3) is 0.800. The molecule has 0 aromatic carbocycles. The molecule has 17 heavy (non-hydrogen) atoms. The van der Waals surface area contributed by atoms with Crippen molar-refractivity contribution in [1.29, 1.82) is 0 Å². The summed E-state index contributed by atoms with van der Waals surface area (Å²) in [6, 6.07) is 0. The van der Waals surface area contributed by atoms with Crippen molar-refractivity contribution >= 4 is 21.6 Å². The molecule has 0 spiro atoms. The van der Waals surface area contributed by atoms with Crippen LogP contribution in [0, 0.1) is 5.92 Å². The molecular formula is C10H16N2O3S2. The maximum Gasteiger partial charge on any atom is 0.276 e. The molecule has 2 rings (SSSR count). The van der Waals surface area contributed by atoms with Gasteiger partial charge in [0, 0.05) is 12.2 Å². The smallest absolute Gasteiger partial charge is 0.276 e. The van der Waals surface area contributed by atoms with Gasteiger partial charge in [0.2, 0.25) is 5.89 Å². The van der Waals surface area contributed by atoms with E-state index in [9.17, 15) is 8.42 Å². The van der Waals surface area contributed by atoms with Crippen LogP contribution < -0.4 is 0 Å². The van der Waals surface area contributed by atoms with Gasteiger partial charge in [-0.3, -0.25) is 0 Å². The topological polar surface area (TPSA) is 73.1 Å². The van der Waals surface area contributed by atoms with Crippen LogP contribution in [-0.4, -0.2) is 35.9 Å².